The minimum absolute atomic E-state index is 0.451. The van der Waals surface area contributed by atoms with Crippen molar-refractivity contribution in [3.05, 3.63) is 23.9 Å². The van der Waals surface area contributed by atoms with E-state index in [2.05, 4.69) is 66.4 Å². The first-order valence-electron chi connectivity index (χ1n) is 6.89. The van der Waals surface area contributed by atoms with Crippen LogP contribution in [0, 0.1) is 23.7 Å². The smallest absolute Gasteiger partial charge is 0.0167 e. The molecule has 0 radical (unpaired) electrons. The highest BCUT2D eigenvalue weighted by molar-refractivity contribution is 5.15. The zero-order valence-electron chi connectivity index (χ0n) is 12.8. The van der Waals surface area contributed by atoms with Gasteiger partial charge < -0.3 is 5.32 Å². The standard InChI is InChI=1S/C16H31N/c1-11(2)10-17-16(13(5)6)9-14(7)15(8)12(3)4/h9,11-14,17H,8,10H2,1-7H3/b16-9+. The van der Waals surface area contributed by atoms with Crippen molar-refractivity contribution in [1.29, 1.82) is 0 Å². The number of nitrogens with one attached hydrogen (secondary N) is 1. The van der Waals surface area contributed by atoms with E-state index >= 15 is 0 Å². The second kappa shape index (κ2) is 7.58. The van der Waals surface area contributed by atoms with Crippen LogP contribution in [-0.2, 0) is 0 Å². The van der Waals surface area contributed by atoms with Crippen molar-refractivity contribution in [3.8, 4) is 0 Å². The number of hydrogen-bond acceptors (Lipinski definition) is 1. The van der Waals surface area contributed by atoms with Crippen LogP contribution < -0.4 is 5.32 Å². The molecule has 0 spiro atoms. The molecule has 0 bridgehead atoms. The molecular formula is C16H31N. The highest BCUT2D eigenvalue weighted by Crippen LogP contribution is 2.21. The van der Waals surface area contributed by atoms with Crippen LogP contribution in [0.1, 0.15) is 48.5 Å². The summed E-state index contributed by atoms with van der Waals surface area (Å²) >= 11 is 0. The normalized spacial score (nSPS) is 14.6. The van der Waals surface area contributed by atoms with Gasteiger partial charge in [0.15, 0.2) is 0 Å². The topological polar surface area (TPSA) is 12.0 Å². The lowest BCUT2D eigenvalue weighted by Gasteiger charge is -2.21. The van der Waals surface area contributed by atoms with Crippen molar-refractivity contribution in [2.45, 2.75) is 48.5 Å². The molecule has 0 fully saturated rings. The third-order valence-corrected chi connectivity index (χ3v) is 3.09. The lowest BCUT2D eigenvalue weighted by Crippen LogP contribution is -2.23. The summed E-state index contributed by atoms with van der Waals surface area (Å²) in [6, 6.07) is 0. The SMILES string of the molecule is C=C(C(C)C)C(C)/C=C(/NCC(C)C)C(C)C. The lowest BCUT2D eigenvalue weighted by molar-refractivity contribution is 0.549. The molecule has 0 aromatic rings. The summed E-state index contributed by atoms with van der Waals surface area (Å²) in [4.78, 5) is 0. The zero-order valence-corrected chi connectivity index (χ0v) is 12.8. The van der Waals surface area contributed by atoms with E-state index in [4.69, 9.17) is 0 Å². The van der Waals surface area contributed by atoms with Gasteiger partial charge in [0.05, 0.1) is 0 Å². The maximum atomic E-state index is 4.19. The van der Waals surface area contributed by atoms with Crippen molar-refractivity contribution in [2.75, 3.05) is 6.54 Å². The van der Waals surface area contributed by atoms with Crippen molar-refractivity contribution in [1.82, 2.24) is 5.32 Å². The molecule has 0 amide bonds. The van der Waals surface area contributed by atoms with E-state index in [0.717, 1.165) is 6.54 Å². The Labute approximate surface area is 108 Å². The van der Waals surface area contributed by atoms with Gasteiger partial charge in [0, 0.05) is 12.2 Å². The Morgan fingerprint density at radius 1 is 1.00 bits per heavy atom. The minimum atomic E-state index is 0.451. The highest BCUT2D eigenvalue weighted by Gasteiger charge is 2.11. The van der Waals surface area contributed by atoms with Crippen LogP contribution in [-0.4, -0.2) is 6.54 Å². The molecule has 0 heterocycles. The fraction of sp³-hybridized carbons (Fsp3) is 0.750. The Kier molecular flexibility index (Phi) is 7.26. The van der Waals surface area contributed by atoms with Gasteiger partial charge in [-0.3, -0.25) is 0 Å². The van der Waals surface area contributed by atoms with Gasteiger partial charge in [-0.1, -0.05) is 66.7 Å². The summed E-state index contributed by atoms with van der Waals surface area (Å²) < 4.78 is 0. The molecule has 0 rings (SSSR count). The Bertz CT molecular complexity index is 259. The molecule has 0 aromatic carbocycles. The van der Waals surface area contributed by atoms with Crippen molar-refractivity contribution in [3.63, 3.8) is 0 Å². The van der Waals surface area contributed by atoms with E-state index in [1.54, 1.807) is 0 Å². The molecular weight excluding hydrogens is 206 g/mol. The summed E-state index contributed by atoms with van der Waals surface area (Å²) in [6.07, 6.45) is 2.34. The molecule has 0 saturated carbocycles. The van der Waals surface area contributed by atoms with Crippen LogP contribution in [0.25, 0.3) is 0 Å². The van der Waals surface area contributed by atoms with Crippen LogP contribution in [0.5, 0.6) is 0 Å². The van der Waals surface area contributed by atoms with Crippen molar-refractivity contribution < 1.29 is 0 Å². The van der Waals surface area contributed by atoms with Crippen LogP contribution in [0.3, 0.4) is 0 Å². The van der Waals surface area contributed by atoms with Crippen LogP contribution in [0.15, 0.2) is 23.9 Å². The van der Waals surface area contributed by atoms with E-state index in [1.807, 2.05) is 0 Å². The van der Waals surface area contributed by atoms with E-state index < -0.39 is 0 Å². The minimum Gasteiger partial charge on any atom is -0.388 e. The fourth-order valence-electron chi connectivity index (χ4n) is 1.68. The monoisotopic (exact) mass is 237 g/mol. The van der Waals surface area contributed by atoms with Crippen LogP contribution >= 0.6 is 0 Å². The number of hydrogen-bond donors (Lipinski definition) is 1. The Morgan fingerprint density at radius 3 is 1.88 bits per heavy atom. The quantitative estimate of drug-likeness (QED) is 0.637. The second-order valence-electron chi connectivity index (χ2n) is 6.07. The Balaban J connectivity index is 4.63. The average Bonchev–Trinajstić information content (AvgIpc) is 2.21. The summed E-state index contributed by atoms with van der Waals surface area (Å²) in [5.74, 6) is 2.24. The third-order valence-electron chi connectivity index (χ3n) is 3.09. The largest absolute Gasteiger partial charge is 0.388 e. The van der Waals surface area contributed by atoms with Crippen LogP contribution in [0.4, 0.5) is 0 Å². The number of allylic oxidation sites excluding steroid dienone is 3. The van der Waals surface area contributed by atoms with Gasteiger partial charge in [0.2, 0.25) is 0 Å². The summed E-state index contributed by atoms with van der Waals surface area (Å²) in [5.41, 5.74) is 2.67. The summed E-state index contributed by atoms with van der Waals surface area (Å²) in [7, 11) is 0. The average molecular weight is 237 g/mol. The molecule has 0 saturated heterocycles. The van der Waals surface area contributed by atoms with E-state index in [9.17, 15) is 0 Å². The molecule has 1 N–H and O–H groups in total. The molecule has 1 heteroatoms. The summed E-state index contributed by atoms with van der Waals surface area (Å²) in [6.45, 7) is 20.9. The van der Waals surface area contributed by atoms with Gasteiger partial charge in [-0.15, -0.1) is 0 Å². The molecule has 0 aliphatic rings. The first-order chi connectivity index (χ1) is 7.75. The van der Waals surface area contributed by atoms with Gasteiger partial charge in [-0.05, 0) is 23.7 Å². The van der Waals surface area contributed by atoms with Gasteiger partial charge in [-0.2, -0.15) is 0 Å². The zero-order chi connectivity index (χ0) is 13.6. The van der Waals surface area contributed by atoms with E-state index in [1.165, 1.54) is 11.3 Å². The molecule has 1 nitrogen and oxygen atoms in total. The Hall–Kier alpha value is -0.720. The molecule has 0 aliphatic heterocycles. The van der Waals surface area contributed by atoms with Gasteiger partial charge in [-0.25, -0.2) is 0 Å². The predicted molar refractivity (Wildman–Crippen MR) is 78.9 cm³/mol. The molecule has 1 unspecified atom stereocenters. The Morgan fingerprint density at radius 2 is 1.53 bits per heavy atom. The molecule has 100 valence electrons. The van der Waals surface area contributed by atoms with Gasteiger partial charge in [0.1, 0.15) is 0 Å². The molecule has 1 atom stereocenters. The van der Waals surface area contributed by atoms with E-state index in [-0.39, 0.29) is 0 Å². The molecule has 0 aliphatic carbocycles. The molecule has 0 aromatic heterocycles. The highest BCUT2D eigenvalue weighted by atomic mass is 14.9. The van der Waals surface area contributed by atoms with Crippen molar-refractivity contribution in [2.24, 2.45) is 23.7 Å². The first-order valence-corrected chi connectivity index (χ1v) is 6.89. The lowest BCUT2D eigenvalue weighted by atomic mass is 9.91. The van der Waals surface area contributed by atoms with Gasteiger partial charge in [0.25, 0.3) is 0 Å². The maximum absolute atomic E-state index is 4.19. The van der Waals surface area contributed by atoms with Gasteiger partial charge >= 0.3 is 0 Å². The third kappa shape index (κ3) is 6.55. The van der Waals surface area contributed by atoms with E-state index in [0.29, 0.717) is 23.7 Å². The second-order valence-corrected chi connectivity index (χ2v) is 6.07. The fourth-order valence-corrected chi connectivity index (χ4v) is 1.68. The molecule has 17 heavy (non-hydrogen) atoms. The van der Waals surface area contributed by atoms with Crippen LogP contribution in [0.2, 0.25) is 0 Å². The number of rotatable bonds is 7. The maximum Gasteiger partial charge on any atom is 0.0167 e. The summed E-state index contributed by atoms with van der Waals surface area (Å²) in [5, 5.41) is 3.56. The first kappa shape index (κ1) is 16.3. The predicted octanol–water partition coefficient (Wildman–Crippen LogP) is 4.62. The van der Waals surface area contributed by atoms with Crippen molar-refractivity contribution >= 4 is 0 Å².